The quantitative estimate of drug-likeness (QED) is 0.943. The van der Waals surface area contributed by atoms with Crippen molar-refractivity contribution in [1.82, 2.24) is 9.03 Å². The van der Waals surface area contributed by atoms with E-state index in [1.165, 1.54) is 4.31 Å². The largest absolute Gasteiger partial charge is 0.280 e. The fourth-order valence-corrected chi connectivity index (χ4v) is 4.39. The second-order valence-electron chi connectivity index (χ2n) is 4.47. The normalized spacial score (nSPS) is 22.6. The maximum atomic E-state index is 12.1. The summed E-state index contributed by atoms with van der Waals surface area (Å²) < 4.78 is 28.4. The molecule has 6 heteroatoms. The van der Waals surface area contributed by atoms with Gasteiger partial charge in [0, 0.05) is 18.0 Å². The van der Waals surface area contributed by atoms with Crippen molar-refractivity contribution in [1.29, 1.82) is 0 Å². The summed E-state index contributed by atoms with van der Waals surface area (Å²) in [5, 5.41) is 1.96. The van der Waals surface area contributed by atoms with Crippen molar-refractivity contribution in [2.24, 2.45) is 0 Å². The summed E-state index contributed by atoms with van der Waals surface area (Å²) in [6.45, 7) is 0.899. The van der Waals surface area contributed by atoms with E-state index in [2.05, 4.69) is 4.72 Å². The molecule has 0 aliphatic carbocycles. The first-order valence-electron chi connectivity index (χ1n) is 6.00. The molecule has 0 amide bonds. The third kappa shape index (κ3) is 2.71. The van der Waals surface area contributed by atoms with E-state index in [0.29, 0.717) is 13.1 Å². The molecule has 2 aromatic rings. The molecule has 0 radical (unpaired) electrons. The minimum atomic E-state index is -3.37. The molecule has 1 aliphatic rings. The van der Waals surface area contributed by atoms with Crippen molar-refractivity contribution >= 4 is 21.5 Å². The van der Waals surface area contributed by atoms with Gasteiger partial charge in [0.1, 0.15) is 0 Å². The molecule has 0 bridgehead atoms. The second-order valence-corrected chi connectivity index (χ2v) is 7.15. The van der Waals surface area contributed by atoms with E-state index in [9.17, 15) is 8.42 Å². The number of hydrogen-bond acceptors (Lipinski definition) is 3. The van der Waals surface area contributed by atoms with Gasteiger partial charge in [-0.2, -0.15) is 17.4 Å². The molecule has 4 nitrogen and oxygen atoms in total. The molecule has 3 rings (SSSR count). The van der Waals surface area contributed by atoms with Crippen LogP contribution in [-0.4, -0.2) is 19.3 Å². The lowest BCUT2D eigenvalue weighted by atomic mass is 10.2. The Morgan fingerprint density at radius 3 is 2.68 bits per heavy atom. The molecule has 1 fully saturated rings. The van der Waals surface area contributed by atoms with Crippen LogP contribution < -0.4 is 4.72 Å². The molecule has 0 spiro atoms. The van der Waals surface area contributed by atoms with E-state index in [4.69, 9.17) is 0 Å². The van der Waals surface area contributed by atoms with Gasteiger partial charge in [0.25, 0.3) is 10.2 Å². The Morgan fingerprint density at radius 2 is 2.00 bits per heavy atom. The lowest BCUT2D eigenvalue weighted by molar-refractivity contribution is 0.427. The van der Waals surface area contributed by atoms with Gasteiger partial charge in [-0.05, 0) is 17.0 Å². The summed E-state index contributed by atoms with van der Waals surface area (Å²) in [5.74, 6) is 0. The minimum absolute atomic E-state index is 0.131. The molecule has 1 saturated heterocycles. The van der Waals surface area contributed by atoms with Gasteiger partial charge >= 0.3 is 0 Å². The molecule has 2 heterocycles. The molecular weight excluding hydrogens is 280 g/mol. The Bertz CT molecular complexity index is 639. The van der Waals surface area contributed by atoms with Crippen molar-refractivity contribution in [2.45, 2.75) is 12.6 Å². The van der Waals surface area contributed by atoms with Crippen LogP contribution in [0.1, 0.15) is 16.5 Å². The molecule has 0 unspecified atom stereocenters. The monoisotopic (exact) mass is 294 g/mol. The highest BCUT2D eigenvalue weighted by Gasteiger charge is 2.36. The van der Waals surface area contributed by atoms with Gasteiger partial charge < -0.3 is 0 Å². The van der Waals surface area contributed by atoms with E-state index in [1.54, 1.807) is 11.3 Å². The van der Waals surface area contributed by atoms with Crippen molar-refractivity contribution in [3.05, 3.63) is 58.3 Å². The Kier molecular flexibility index (Phi) is 3.40. The van der Waals surface area contributed by atoms with Gasteiger partial charge in [0.2, 0.25) is 0 Å². The first-order chi connectivity index (χ1) is 9.15. The van der Waals surface area contributed by atoms with Crippen molar-refractivity contribution in [3.8, 4) is 0 Å². The predicted molar refractivity (Wildman–Crippen MR) is 76.0 cm³/mol. The van der Waals surface area contributed by atoms with Crippen LogP contribution >= 0.6 is 11.3 Å². The average molecular weight is 294 g/mol. The highest BCUT2D eigenvalue weighted by molar-refractivity contribution is 7.87. The number of benzene rings is 1. The van der Waals surface area contributed by atoms with Crippen molar-refractivity contribution < 1.29 is 8.42 Å². The molecular formula is C13H14N2O2S2. The third-order valence-corrected chi connectivity index (χ3v) is 5.63. The molecule has 1 N–H and O–H groups in total. The Balaban J connectivity index is 1.79. The van der Waals surface area contributed by atoms with Crippen molar-refractivity contribution in [3.63, 3.8) is 0 Å². The molecule has 0 saturated carbocycles. The van der Waals surface area contributed by atoms with Crippen LogP contribution in [0.4, 0.5) is 0 Å². The van der Waals surface area contributed by atoms with Gasteiger partial charge in [-0.1, -0.05) is 36.4 Å². The van der Waals surface area contributed by atoms with Crippen LogP contribution in [-0.2, 0) is 16.8 Å². The first-order valence-corrected chi connectivity index (χ1v) is 8.32. The average Bonchev–Trinajstić information content (AvgIpc) is 2.99. The fraction of sp³-hybridized carbons (Fsp3) is 0.231. The second kappa shape index (κ2) is 5.05. The Hall–Kier alpha value is -1.21. The van der Waals surface area contributed by atoms with Crippen LogP contribution in [0, 0.1) is 0 Å². The molecule has 1 aromatic heterocycles. The number of hydrogen-bond donors (Lipinski definition) is 1. The molecule has 1 atom stereocenters. The zero-order valence-corrected chi connectivity index (χ0v) is 11.8. The highest BCUT2D eigenvalue weighted by atomic mass is 32.2. The minimum Gasteiger partial charge on any atom is -0.195 e. The number of nitrogens with one attached hydrogen (secondary N) is 1. The summed E-state index contributed by atoms with van der Waals surface area (Å²) in [6, 6.07) is 13.4. The Morgan fingerprint density at radius 1 is 1.21 bits per heavy atom. The van der Waals surface area contributed by atoms with E-state index in [-0.39, 0.29) is 6.04 Å². The van der Waals surface area contributed by atoms with Gasteiger partial charge in [0.05, 0.1) is 6.04 Å². The topological polar surface area (TPSA) is 49.4 Å². The van der Waals surface area contributed by atoms with Crippen LogP contribution in [0.25, 0.3) is 0 Å². The number of nitrogens with zero attached hydrogens (tertiary/aromatic N) is 1. The van der Waals surface area contributed by atoms with E-state index in [1.807, 2.05) is 47.8 Å². The smallest absolute Gasteiger partial charge is 0.195 e. The standard InChI is InChI=1S/C13H14N2O2S2/c16-19(17)14-12(13-7-4-8-18-13)10-15(19)9-11-5-2-1-3-6-11/h1-8,12,14H,9-10H2/t12-/m1/s1. The zero-order chi connectivity index (χ0) is 13.3. The molecule has 1 aliphatic heterocycles. The van der Waals surface area contributed by atoms with Gasteiger partial charge in [-0.15, -0.1) is 11.3 Å². The summed E-state index contributed by atoms with van der Waals surface area (Å²) >= 11 is 1.58. The van der Waals surface area contributed by atoms with Crippen LogP contribution in [0.15, 0.2) is 47.8 Å². The van der Waals surface area contributed by atoms with E-state index < -0.39 is 10.2 Å². The lowest BCUT2D eigenvalue weighted by Gasteiger charge is -2.13. The van der Waals surface area contributed by atoms with Gasteiger partial charge in [-0.3, -0.25) is 0 Å². The predicted octanol–water partition coefficient (Wildman–Crippen LogP) is 2.14. The van der Waals surface area contributed by atoms with Gasteiger partial charge in [-0.25, -0.2) is 0 Å². The molecule has 1 aromatic carbocycles. The fourth-order valence-electron chi connectivity index (χ4n) is 2.17. The third-order valence-electron chi connectivity index (χ3n) is 3.11. The summed E-state index contributed by atoms with van der Waals surface area (Å²) in [7, 11) is -3.37. The number of rotatable bonds is 3. The maximum Gasteiger partial charge on any atom is 0.280 e. The van der Waals surface area contributed by atoms with Gasteiger partial charge in [0.15, 0.2) is 0 Å². The summed E-state index contributed by atoms with van der Waals surface area (Å²) in [5.41, 5.74) is 1.000. The highest BCUT2D eigenvalue weighted by Crippen LogP contribution is 2.27. The molecule has 19 heavy (non-hydrogen) atoms. The summed E-state index contributed by atoms with van der Waals surface area (Å²) in [6.07, 6.45) is 0. The molecule has 100 valence electrons. The zero-order valence-electron chi connectivity index (χ0n) is 10.2. The van der Waals surface area contributed by atoms with Crippen LogP contribution in [0.3, 0.4) is 0 Å². The number of thiophene rings is 1. The van der Waals surface area contributed by atoms with E-state index >= 15 is 0 Å². The maximum absolute atomic E-state index is 12.1. The Labute approximate surface area is 116 Å². The van der Waals surface area contributed by atoms with Crippen LogP contribution in [0.2, 0.25) is 0 Å². The first kappa shape index (κ1) is 12.8. The summed E-state index contributed by atoms with van der Waals surface area (Å²) in [4.78, 5) is 1.05. The van der Waals surface area contributed by atoms with Crippen molar-refractivity contribution in [2.75, 3.05) is 6.54 Å². The van der Waals surface area contributed by atoms with E-state index in [0.717, 1.165) is 10.4 Å². The SMILES string of the molecule is O=S1(=O)N[C@@H](c2cccs2)CN1Cc1ccccc1. The van der Waals surface area contributed by atoms with Crippen LogP contribution in [0.5, 0.6) is 0 Å². The lowest BCUT2D eigenvalue weighted by Crippen LogP contribution is -2.29.